The van der Waals surface area contributed by atoms with Crippen molar-refractivity contribution in [2.75, 3.05) is 7.11 Å². The molecule has 0 fully saturated rings. The largest absolute Gasteiger partial charge is 0.497 e. The third-order valence-electron chi connectivity index (χ3n) is 5.41. The van der Waals surface area contributed by atoms with Gasteiger partial charge in [0, 0.05) is 17.7 Å². The molecule has 0 amide bonds. The van der Waals surface area contributed by atoms with E-state index < -0.39 is 0 Å². The van der Waals surface area contributed by atoms with Crippen LogP contribution < -0.4 is 4.74 Å². The van der Waals surface area contributed by atoms with Crippen molar-refractivity contribution in [3.8, 4) is 40.0 Å². The quantitative estimate of drug-likeness (QED) is 0.366. The molecule has 158 valence electrons. The van der Waals surface area contributed by atoms with E-state index in [1.54, 1.807) is 7.11 Å². The third kappa shape index (κ3) is 4.01. The molecule has 0 radical (unpaired) electrons. The van der Waals surface area contributed by atoms with Crippen molar-refractivity contribution in [2.45, 2.75) is 33.7 Å². The maximum Gasteiger partial charge on any atom is 0.278 e. The zero-order valence-electron chi connectivity index (χ0n) is 18.3. The number of aromatic nitrogens is 4. The van der Waals surface area contributed by atoms with Gasteiger partial charge in [0.2, 0.25) is 5.82 Å². The van der Waals surface area contributed by atoms with Crippen molar-refractivity contribution in [1.82, 2.24) is 19.9 Å². The molecular formula is C25H26N4O2. The molecular weight excluding hydrogens is 388 g/mol. The molecule has 0 aliphatic rings. The minimum atomic E-state index is 0.405. The first-order valence-electron chi connectivity index (χ1n) is 10.3. The smallest absolute Gasteiger partial charge is 0.278 e. The second kappa shape index (κ2) is 8.60. The normalized spacial score (nSPS) is 11.0. The number of allylic oxidation sites excluding steroid dienone is 1. The summed E-state index contributed by atoms with van der Waals surface area (Å²) in [4.78, 5) is 4.62. The van der Waals surface area contributed by atoms with Crippen LogP contribution in [0, 0.1) is 13.8 Å². The van der Waals surface area contributed by atoms with E-state index in [4.69, 9.17) is 9.26 Å². The molecule has 0 spiro atoms. The van der Waals surface area contributed by atoms with Gasteiger partial charge in [-0.05, 0) is 86.3 Å². The first-order chi connectivity index (χ1) is 15.0. The zero-order chi connectivity index (χ0) is 22.0. The van der Waals surface area contributed by atoms with Crippen molar-refractivity contribution < 1.29 is 9.26 Å². The van der Waals surface area contributed by atoms with E-state index in [1.807, 2.05) is 41.1 Å². The van der Waals surface area contributed by atoms with Crippen LogP contribution in [0.1, 0.15) is 23.6 Å². The van der Waals surface area contributed by atoms with E-state index in [9.17, 15) is 0 Å². The standard InChI is InChI=1S/C25H26N4O2/c1-6-8-21-16(3)13-19(14-17(21)4)24-26-25(31-28-24)22-15-23(29(7-2)27-22)18-9-11-20(30-5)12-10-18/h6,9-15H,1,7-8H2,2-5H3. The van der Waals surface area contributed by atoms with Crippen LogP contribution in [0.2, 0.25) is 0 Å². The van der Waals surface area contributed by atoms with Gasteiger partial charge in [0.1, 0.15) is 5.75 Å². The summed E-state index contributed by atoms with van der Waals surface area (Å²) in [5, 5.41) is 8.89. The van der Waals surface area contributed by atoms with Crippen molar-refractivity contribution in [1.29, 1.82) is 0 Å². The lowest BCUT2D eigenvalue weighted by Gasteiger charge is -2.09. The maximum atomic E-state index is 5.57. The molecule has 0 unspecified atom stereocenters. The Kier molecular flexibility index (Phi) is 5.71. The molecule has 0 bridgehead atoms. The number of hydrogen-bond acceptors (Lipinski definition) is 5. The van der Waals surface area contributed by atoms with E-state index >= 15 is 0 Å². The summed E-state index contributed by atoms with van der Waals surface area (Å²) in [6.07, 6.45) is 2.77. The summed E-state index contributed by atoms with van der Waals surface area (Å²) in [6.45, 7) is 10.8. The Hall–Kier alpha value is -3.67. The molecule has 2 aromatic carbocycles. The van der Waals surface area contributed by atoms with Crippen LogP contribution in [0.3, 0.4) is 0 Å². The second-order valence-corrected chi connectivity index (χ2v) is 7.46. The Labute approximate surface area is 182 Å². The Morgan fingerprint density at radius 3 is 2.39 bits per heavy atom. The van der Waals surface area contributed by atoms with Crippen LogP contribution in [0.5, 0.6) is 5.75 Å². The van der Waals surface area contributed by atoms with E-state index in [0.29, 0.717) is 17.4 Å². The zero-order valence-corrected chi connectivity index (χ0v) is 18.3. The minimum absolute atomic E-state index is 0.405. The van der Waals surface area contributed by atoms with E-state index in [0.717, 1.165) is 35.5 Å². The van der Waals surface area contributed by atoms with E-state index in [1.165, 1.54) is 16.7 Å². The summed E-state index contributed by atoms with van der Waals surface area (Å²) in [5.41, 5.74) is 7.29. The molecule has 0 saturated heterocycles. The van der Waals surface area contributed by atoms with Gasteiger partial charge < -0.3 is 9.26 Å². The van der Waals surface area contributed by atoms with Crippen molar-refractivity contribution in [3.05, 3.63) is 71.8 Å². The number of rotatable bonds is 7. The fraction of sp³-hybridized carbons (Fsp3) is 0.240. The van der Waals surface area contributed by atoms with Crippen LogP contribution in [0.4, 0.5) is 0 Å². The highest BCUT2D eigenvalue weighted by molar-refractivity contribution is 5.67. The Morgan fingerprint density at radius 2 is 1.77 bits per heavy atom. The predicted octanol–water partition coefficient (Wildman–Crippen LogP) is 5.64. The molecule has 0 N–H and O–H groups in total. The van der Waals surface area contributed by atoms with Crippen LogP contribution in [0.25, 0.3) is 34.2 Å². The third-order valence-corrected chi connectivity index (χ3v) is 5.41. The molecule has 6 heteroatoms. The van der Waals surface area contributed by atoms with Crippen molar-refractivity contribution in [3.63, 3.8) is 0 Å². The minimum Gasteiger partial charge on any atom is -0.497 e. The van der Waals surface area contributed by atoms with Gasteiger partial charge in [0.15, 0.2) is 5.69 Å². The van der Waals surface area contributed by atoms with E-state index in [-0.39, 0.29) is 0 Å². The Morgan fingerprint density at radius 1 is 1.06 bits per heavy atom. The van der Waals surface area contributed by atoms with Crippen LogP contribution in [-0.4, -0.2) is 27.0 Å². The van der Waals surface area contributed by atoms with Gasteiger partial charge in [-0.1, -0.05) is 11.2 Å². The highest BCUT2D eigenvalue weighted by Crippen LogP contribution is 2.29. The number of methoxy groups -OCH3 is 1. The van der Waals surface area contributed by atoms with E-state index in [2.05, 4.69) is 54.7 Å². The Balaban J connectivity index is 1.68. The van der Waals surface area contributed by atoms with Gasteiger partial charge in [-0.2, -0.15) is 10.1 Å². The lowest BCUT2D eigenvalue weighted by Crippen LogP contribution is -1.99. The summed E-state index contributed by atoms with van der Waals surface area (Å²) in [6, 6.07) is 14.1. The van der Waals surface area contributed by atoms with Gasteiger partial charge in [0.05, 0.1) is 12.8 Å². The van der Waals surface area contributed by atoms with Gasteiger partial charge in [-0.25, -0.2) is 0 Å². The maximum absolute atomic E-state index is 5.57. The number of nitrogens with zero attached hydrogens (tertiary/aromatic N) is 4. The Bertz CT molecular complexity index is 1200. The SMILES string of the molecule is C=CCc1c(C)cc(-c2noc(-c3cc(-c4ccc(OC)cc4)n(CC)n3)n2)cc1C. The number of ether oxygens (including phenoxy) is 1. The molecule has 6 nitrogen and oxygen atoms in total. The van der Waals surface area contributed by atoms with Crippen LogP contribution >= 0.6 is 0 Å². The molecule has 0 aliphatic carbocycles. The average molecular weight is 415 g/mol. The number of aryl methyl sites for hydroxylation is 3. The van der Waals surface area contributed by atoms with Gasteiger partial charge in [0.25, 0.3) is 5.89 Å². The van der Waals surface area contributed by atoms with Gasteiger partial charge >= 0.3 is 0 Å². The lowest BCUT2D eigenvalue weighted by atomic mass is 9.97. The number of hydrogen-bond donors (Lipinski definition) is 0. The number of benzene rings is 2. The van der Waals surface area contributed by atoms with Gasteiger partial charge in [-0.15, -0.1) is 6.58 Å². The van der Waals surface area contributed by atoms with Gasteiger partial charge in [-0.3, -0.25) is 4.68 Å². The molecule has 0 atom stereocenters. The van der Waals surface area contributed by atoms with Crippen LogP contribution in [0.15, 0.2) is 59.6 Å². The summed E-state index contributed by atoms with van der Waals surface area (Å²) < 4.78 is 12.8. The van der Waals surface area contributed by atoms with Crippen molar-refractivity contribution in [2.24, 2.45) is 0 Å². The monoisotopic (exact) mass is 414 g/mol. The molecule has 31 heavy (non-hydrogen) atoms. The molecule has 2 heterocycles. The second-order valence-electron chi connectivity index (χ2n) is 7.46. The summed E-state index contributed by atoms with van der Waals surface area (Å²) in [7, 11) is 1.66. The molecule has 0 saturated carbocycles. The highest BCUT2D eigenvalue weighted by Gasteiger charge is 2.18. The van der Waals surface area contributed by atoms with Crippen molar-refractivity contribution >= 4 is 0 Å². The fourth-order valence-electron chi connectivity index (χ4n) is 3.79. The topological polar surface area (TPSA) is 66.0 Å². The highest BCUT2D eigenvalue weighted by atomic mass is 16.5. The summed E-state index contributed by atoms with van der Waals surface area (Å²) >= 11 is 0. The first kappa shape index (κ1) is 20.6. The molecule has 4 aromatic rings. The summed E-state index contributed by atoms with van der Waals surface area (Å²) in [5.74, 6) is 1.78. The fourth-order valence-corrected chi connectivity index (χ4v) is 3.79. The predicted molar refractivity (Wildman–Crippen MR) is 122 cm³/mol. The lowest BCUT2D eigenvalue weighted by molar-refractivity contribution is 0.415. The average Bonchev–Trinajstić information content (AvgIpc) is 3.43. The van der Waals surface area contributed by atoms with Crippen LogP contribution in [-0.2, 0) is 13.0 Å². The molecule has 2 aromatic heterocycles. The molecule has 4 rings (SSSR count). The first-order valence-corrected chi connectivity index (χ1v) is 10.3. The molecule has 0 aliphatic heterocycles.